The number of guanidine groups is 1. The molecule has 0 saturated carbocycles. The summed E-state index contributed by atoms with van der Waals surface area (Å²) in [6.45, 7) is 9.24. The van der Waals surface area contributed by atoms with Crippen LogP contribution in [0, 0.1) is 6.92 Å². The summed E-state index contributed by atoms with van der Waals surface area (Å²) in [4.78, 5) is 11.4. The molecule has 2 heterocycles. The second-order valence-electron chi connectivity index (χ2n) is 5.51. The highest BCUT2D eigenvalue weighted by Crippen LogP contribution is 2.07. The normalized spacial score (nSPS) is 20.1. The van der Waals surface area contributed by atoms with Crippen LogP contribution in [0.2, 0.25) is 0 Å². The topological polar surface area (TPSA) is 61.8 Å². The Morgan fingerprint density at radius 2 is 2.41 bits per heavy atom. The van der Waals surface area contributed by atoms with Gasteiger partial charge in [-0.1, -0.05) is 0 Å². The van der Waals surface area contributed by atoms with E-state index < -0.39 is 0 Å². The molecule has 124 valence electrons. The molecule has 22 heavy (non-hydrogen) atoms. The lowest BCUT2D eigenvalue weighted by Gasteiger charge is -2.29. The first kappa shape index (κ1) is 17.2. The van der Waals surface area contributed by atoms with E-state index in [2.05, 4.69) is 44.9 Å². The van der Waals surface area contributed by atoms with Crippen LogP contribution in [0.3, 0.4) is 0 Å². The quantitative estimate of drug-likeness (QED) is 0.600. The number of aliphatic imine (C=N–C) groups is 1. The van der Waals surface area contributed by atoms with Gasteiger partial charge in [0, 0.05) is 38.0 Å². The van der Waals surface area contributed by atoms with E-state index in [0.717, 1.165) is 55.9 Å². The molecule has 0 aromatic carbocycles. The molecule has 1 unspecified atom stereocenters. The summed E-state index contributed by atoms with van der Waals surface area (Å²) >= 11 is 1.70. The number of ether oxygens (including phenoxy) is 1. The lowest BCUT2D eigenvalue weighted by molar-refractivity contribution is -0.0136. The fraction of sp³-hybridized carbons (Fsp3) is 0.733. The number of thiazole rings is 1. The molecule has 1 aliphatic heterocycles. The monoisotopic (exact) mass is 325 g/mol. The number of rotatable bonds is 6. The lowest BCUT2D eigenvalue weighted by Crippen LogP contribution is -2.43. The van der Waals surface area contributed by atoms with Gasteiger partial charge >= 0.3 is 0 Å². The van der Waals surface area contributed by atoms with Gasteiger partial charge < -0.3 is 20.3 Å². The van der Waals surface area contributed by atoms with Gasteiger partial charge in [-0.3, -0.25) is 4.99 Å². The van der Waals surface area contributed by atoms with Crippen molar-refractivity contribution < 1.29 is 4.74 Å². The lowest BCUT2D eigenvalue weighted by atomic mass is 10.3. The molecule has 0 aliphatic carbocycles. The average molecular weight is 325 g/mol. The van der Waals surface area contributed by atoms with Gasteiger partial charge in [-0.05, 0) is 20.9 Å². The van der Waals surface area contributed by atoms with Gasteiger partial charge in [-0.2, -0.15) is 0 Å². The standard InChI is InChI=1S/C15H27N5OS/c1-4-16-15(17-6-5-13-11-22-12(2)19-13)18-9-14-10-20(3)7-8-21-14/h11,14H,4-10H2,1-3H3,(H2,16,17,18). The Morgan fingerprint density at radius 3 is 3.09 bits per heavy atom. The molecule has 0 amide bonds. The van der Waals surface area contributed by atoms with Crippen LogP contribution in [0.25, 0.3) is 0 Å². The average Bonchev–Trinajstić information content (AvgIpc) is 2.90. The summed E-state index contributed by atoms with van der Waals surface area (Å²) in [7, 11) is 2.12. The number of aryl methyl sites for hydroxylation is 1. The predicted octanol–water partition coefficient (Wildman–Crippen LogP) is 0.880. The van der Waals surface area contributed by atoms with Crippen LogP contribution in [-0.2, 0) is 11.2 Å². The Kier molecular flexibility index (Phi) is 7.08. The van der Waals surface area contributed by atoms with Gasteiger partial charge in [-0.25, -0.2) is 4.98 Å². The fourth-order valence-corrected chi connectivity index (χ4v) is 2.99. The Morgan fingerprint density at radius 1 is 1.55 bits per heavy atom. The van der Waals surface area contributed by atoms with Crippen molar-refractivity contribution >= 4 is 17.3 Å². The molecule has 1 aromatic rings. The number of morpholine rings is 1. The molecule has 6 nitrogen and oxygen atoms in total. The van der Waals surface area contributed by atoms with Gasteiger partial charge in [-0.15, -0.1) is 11.3 Å². The number of likely N-dealkylation sites (N-methyl/N-ethyl adjacent to an activating group) is 1. The first-order chi connectivity index (χ1) is 10.7. The second-order valence-corrected chi connectivity index (χ2v) is 6.57. The highest BCUT2D eigenvalue weighted by atomic mass is 32.1. The predicted molar refractivity (Wildman–Crippen MR) is 91.8 cm³/mol. The zero-order valence-electron chi connectivity index (χ0n) is 13.8. The molecule has 1 fully saturated rings. The van der Waals surface area contributed by atoms with E-state index >= 15 is 0 Å². The third-order valence-electron chi connectivity index (χ3n) is 3.48. The van der Waals surface area contributed by atoms with Crippen LogP contribution in [0.4, 0.5) is 0 Å². The highest BCUT2D eigenvalue weighted by Gasteiger charge is 2.17. The van der Waals surface area contributed by atoms with E-state index in [1.807, 2.05) is 6.92 Å². The highest BCUT2D eigenvalue weighted by molar-refractivity contribution is 7.09. The van der Waals surface area contributed by atoms with Crippen molar-refractivity contribution in [3.63, 3.8) is 0 Å². The number of nitrogens with zero attached hydrogens (tertiary/aromatic N) is 3. The Hall–Kier alpha value is -1.18. The van der Waals surface area contributed by atoms with Gasteiger partial charge in [0.1, 0.15) is 0 Å². The van der Waals surface area contributed by atoms with Gasteiger partial charge in [0.15, 0.2) is 5.96 Å². The Bertz CT molecular complexity index is 476. The van der Waals surface area contributed by atoms with Gasteiger partial charge in [0.05, 0.1) is 30.0 Å². The minimum absolute atomic E-state index is 0.190. The molecule has 0 radical (unpaired) electrons. The maximum absolute atomic E-state index is 5.74. The van der Waals surface area contributed by atoms with E-state index in [4.69, 9.17) is 4.74 Å². The van der Waals surface area contributed by atoms with E-state index in [1.165, 1.54) is 0 Å². The van der Waals surface area contributed by atoms with E-state index in [1.54, 1.807) is 11.3 Å². The van der Waals surface area contributed by atoms with E-state index in [9.17, 15) is 0 Å². The molecule has 1 aliphatic rings. The molecule has 1 atom stereocenters. The number of nitrogens with one attached hydrogen (secondary N) is 2. The first-order valence-corrected chi connectivity index (χ1v) is 8.78. The van der Waals surface area contributed by atoms with Gasteiger partial charge in [0.2, 0.25) is 0 Å². The third-order valence-corrected chi connectivity index (χ3v) is 4.30. The Balaban J connectivity index is 1.76. The van der Waals surface area contributed by atoms with Crippen molar-refractivity contribution in [2.75, 3.05) is 46.4 Å². The van der Waals surface area contributed by atoms with Crippen LogP contribution in [-0.4, -0.2) is 68.3 Å². The number of hydrogen-bond acceptors (Lipinski definition) is 5. The Labute approximate surface area is 137 Å². The van der Waals surface area contributed by atoms with Crippen molar-refractivity contribution in [2.45, 2.75) is 26.4 Å². The van der Waals surface area contributed by atoms with Crippen molar-refractivity contribution in [1.29, 1.82) is 0 Å². The van der Waals surface area contributed by atoms with Crippen molar-refractivity contribution in [3.05, 3.63) is 16.1 Å². The SMILES string of the molecule is CCNC(=NCC1CN(C)CCO1)NCCc1csc(C)n1. The molecular formula is C15H27N5OS. The summed E-state index contributed by atoms with van der Waals surface area (Å²) in [6, 6.07) is 0. The second kappa shape index (κ2) is 9.07. The smallest absolute Gasteiger partial charge is 0.191 e. The zero-order valence-corrected chi connectivity index (χ0v) is 14.6. The minimum Gasteiger partial charge on any atom is -0.374 e. The number of hydrogen-bond donors (Lipinski definition) is 2. The molecule has 0 bridgehead atoms. The van der Waals surface area contributed by atoms with Crippen LogP contribution >= 0.6 is 11.3 Å². The van der Waals surface area contributed by atoms with E-state index in [-0.39, 0.29) is 6.10 Å². The van der Waals surface area contributed by atoms with Crippen LogP contribution in [0.15, 0.2) is 10.4 Å². The summed E-state index contributed by atoms with van der Waals surface area (Å²) < 4.78 is 5.74. The molecule has 0 spiro atoms. The van der Waals surface area contributed by atoms with Crippen molar-refractivity contribution in [3.8, 4) is 0 Å². The number of aromatic nitrogens is 1. The molecular weight excluding hydrogens is 298 g/mol. The molecule has 2 N–H and O–H groups in total. The summed E-state index contributed by atoms with van der Waals surface area (Å²) in [5, 5.41) is 9.88. The maximum atomic E-state index is 5.74. The van der Waals surface area contributed by atoms with Crippen LogP contribution in [0.5, 0.6) is 0 Å². The molecule has 1 aromatic heterocycles. The van der Waals surface area contributed by atoms with Crippen LogP contribution < -0.4 is 10.6 Å². The zero-order chi connectivity index (χ0) is 15.8. The minimum atomic E-state index is 0.190. The van der Waals surface area contributed by atoms with E-state index in [0.29, 0.717) is 6.54 Å². The first-order valence-electron chi connectivity index (χ1n) is 7.90. The van der Waals surface area contributed by atoms with Crippen molar-refractivity contribution in [2.24, 2.45) is 4.99 Å². The van der Waals surface area contributed by atoms with Gasteiger partial charge in [0.25, 0.3) is 0 Å². The fourth-order valence-electron chi connectivity index (χ4n) is 2.34. The maximum Gasteiger partial charge on any atom is 0.191 e. The summed E-state index contributed by atoms with van der Waals surface area (Å²) in [5.41, 5.74) is 1.14. The summed E-state index contributed by atoms with van der Waals surface area (Å²) in [5.74, 6) is 0.853. The van der Waals surface area contributed by atoms with Crippen molar-refractivity contribution in [1.82, 2.24) is 20.5 Å². The molecule has 7 heteroatoms. The molecule has 1 saturated heterocycles. The molecule has 2 rings (SSSR count). The van der Waals surface area contributed by atoms with Crippen LogP contribution in [0.1, 0.15) is 17.6 Å². The largest absolute Gasteiger partial charge is 0.374 e. The third kappa shape index (κ3) is 5.90. The summed E-state index contributed by atoms with van der Waals surface area (Å²) in [6.07, 6.45) is 1.10.